The van der Waals surface area contributed by atoms with Gasteiger partial charge in [0.15, 0.2) is 5.54 Å². The van der Waals surface area contributed by atoms with E-state index in [0.29, 0.717) is 30.6 Å². The van der Waals surface area contributed by atoms with Crippen molar-refractivity contribution >= 4 is 11.8 Å². The Bertz CT molecular complexity index is 751. The molecule has 1 fully saturated rings. The molecule has 124 valence electrons. The predicted molar refractivity (Wildman–Crippen MR) is 84.0 cm³/mol. The van der Waals surface area contributed by atoms with Gasteiger partial charge in [0, 0.05) is 18.9 Å². The van der Waals surface area contributed by atoms with E-state index < -0.39 is 11.4 Å². The second-order valence-corrected chi connectivity index (χ2v) is 5.77. The first-order chi connectivity index (χ1) is 11.5. The van der Waals surface area contributed by atoms with Crippen molar-refractivity contribution in [3.63, 3.8) is 0 Å². The number of nitrogens with zero attached hydrogens (tertiary/aromatic N) is 3. The molecular formula is C17H17FN4O2. The lowest BCUT2D eigenvalue weighted by atomic mass is 9.90. The van der Waals surface area contributed by atoms with Crippen molar-refractivity contribution in [2.75, 3.05) is 6.54 Å². The van der Waals surface area contributed by atoms with Crippen LogP contribution in [-0.4, -0.2) is 33.2 Å². The summed E-state index contributed by atoms with van der Waals surface area (Å²) in [7, 11) is 0. The maximum Gasteiger partial charge on any atom is 0.249 e. The van der Waals surface area contributed by atoms with Gasteiger partial charge in [-0.25, -0.2) is 4.39 Å². The Morgan fingerprint density at radius 2 is 2.00 bits per heavy atom. The normalized spacial score (nSPS) is 20.1. The van der Waals surface area contributed by atoms with Crippen LogP contribution in [0.5, 0.6) is 0 Å². The maximum atomic E-state index is 13.0. The van der Waals surface area contributed by atoms with Gasteiger partial charge in [0.05, 0.1) is 18.3 Å². The van der Waals surface area contributed by atoms with Gasteiger partial charge in [-0.2, -0.15) is 0 Å². The molecule has 0 aliphatic carbocycles. The molecule has 1 aliphatic heterocycles. The third kappa shape index (κ3) is 2.73. The molecule has 1 aliphatic rings. The van der Waals surface area contributed by atoms with Gasteiger partial charge >= 0.3 is 0 Å². The lowest BCUT2D eigenvalue weighted by molar-refractivity contribution is -0.144. The molecule has 3 rings (SSSR count). The highest BCUT2D eigenvalue weighted by molar-refractivity contribution is 5.92. The smallest absolute Gasteiger partial charge is 0.249 e. The van der Waals surface area contributed by atoms with Crippen LogP contribution in [0.4, 0.5) is 4.39 Å². The van der Waals surface area contributed by atoms with Gasteiger partial charge in [-0.15, -0.1) is 0 Å². The van der Waals surface area contributed by atoms with Crippen molar-refractivity contribution in [3.8, 4) is 0 Å². The van der Waals surface area contributed by atoms with Gasteiger partial charge in [-0.3, -0.25) is 19.6 Å². The molecule has 0 bridgehead atoms. The first kappa shape index (κ1) is 16.0. The van der Waals surface area contributed by atoms with Crippen LogP contribution in [0, 0.1) is 5.82 Å². The fourth-order valence-corrected chi connectivity index (χ4v) is 3.19. The van der Waals surface area contributed by atoms with Gasteiger partial charge in [-0.1, -0.05) is 12.1 Å². The van der Waals surface area contributed by atoms with E-state index in [0.717, 1.165) is 0 Å². The lowest BCUT2D eigenvalue weighted by Gasteiger charge is -2.35. The maximum absolute atomic E-state index is 13.0. The van der Waals surface area contributed by atoms with Crippen LogP contribution in [0.25, 0.3) is 0 Å². The zero-order chi connectivity index (χ0) is 17.2. The molecule has 0 radical (unpaired) electrons. The van der Waals surface area contributed by atoms with E-state index >= 15 is 0 Å². The summed E-state index contributed by atoms with van der Waals surface area (Å²) in [6.45, 7) is 0.416. The van der Waals surface area contributed by atoms with Crippen LogP contribution in [0.15, 0.2) is 42.9 Å². The van der Waals surface area contributed by atoms with Crippen molar-refractivity contribution in [1.29, 1.82) is 0 Å². The number of halogens is 1. The minimum absolute atomic E-state index is 0.0651. The molecule has 1 aromatic heterocycles. The summed E-state index contributed by atoms with van der Waals surface area (Å²) >= 11 is 0. The van der Waals surface area contributed by atoms with E-state index in [1.54, 1.807) is 12.1 Å². The van der Waals surface area contributed by atoms with E-state index in [-0.39, 0.29) is 18.1 Å². The molecule has 1 atom stereocenters. The fraction of sp³-hybridized carbons (Fsp3) is 0.294. The minimum atomic E-state index is -1.27. The van der Waals surface area contributed by atoms with Gasteiger partial charge in [-0.05, 0) is 30.5 Å². The molecule has 1 saturated heterocycles. The van der Waals surface area contributed by atoms with E-state index in [4.69, 9.17) is 5.73 Å². The van der Waals surface area contributed by atoms with Crippen LogP contribution in [0.2, 0.25) is 0 Å². The number of rotatable bonds is 4. The Morgan fingerprint density at radius 3 is 2.62 bits per heavy atom. The van der Waals surface area contributed by atoms with Crippen molar-refractivity contribution in [3.05, 3.63) is 59.9 Å². The zero-order valence-corrected chi connectivity index (χ0v) is 13.0. The highest BCUT2D eigenvalue weighted by atomic mass is 19.1. The summed E-state index contributed by atoms with van der Waals surface area (Å²) in [5.74, 6) is -1.23. The molecule has 2 aromatic rings. The number of primary amides is 1. The van der Waals surface area contributed by atoms with Crippen LogP contribution >= 0.6 is 0 Å². The summed E-state index contributed by atoms with van der Waals surface area (Å²) in [6.07, 6.45) is 5.56. The third-order valence-electron chi connectivity index (χ3n) is 4.35. The molecule has 0 saturated carbocycles. The molecule has 2 N–H and O–H groups in total. The van der Waals surface area contributed by atoms with Crippen molar-refractivity contribution in [2.45, 2.75) is 24.8 Å². The number of hydrogen-bond acceptors (Lipinski definition) is 4. The van der Waals surface area contributed by atoms with E-state index in [2.05, 4.69) is 9.97 Å². The second-order valence-electron chi connectivity index (χ2n) is 5.77. The average Bonchev–Trinajstić information content (AvgIpc) is 3.04. The minimum Gasteiger partial charge on any atom is -0.367 e. The van der Waals surface area contributed by atoms with Crippen LogP contribution in [0.3, 0.4) is 0 Å². The van der Waals surface area contributed by atoms with Crippen LogP contribution < -0.4 is 5.73 Å². The summed E-state index contributed by atoms with van der Waals surface area (Å²) in [4.78, 5) is 34.7. The van der Waals surface area contributed by atoms with Gasteiger partial charge in [0.2, 0.25) is 11.8 Å². The number of amides is 2. The SMILES string of the molecule is NC(=O)C1(c2cnccn2)CCCN1C(=O)Cc1ccc(F)cc1. The van der Waals surface area contributed by atoms with Gasteiger partial charge < -0.3 is 10.6 Å². The zero-order valence-electron chi connectivity index (χ0n) is 13.0. The summed E-state index contributed by atoms with van der Waals surface area (Å²) in [5, 5.41) is 0. The Hall–Kier alpha value is -2.83. The van der Waals surface area contributed by atoms with Gasteiger partial charge in [0.25, 0.3) is 0 Å². The highest BCUT2D eigenvalue weighted by Crippen LogP contribution is 2.38. The molecular weight excluding hydrogens is 311 g/mol. The highest BCUT2D eigenvalue weighted by Gasteiger charge is 2.51. The molecule has 2 amide bonds. The Labute approximate surface area is 138 Å². The number of aromatic nitrogens is 2. The summed E-state index contributed by atoms with van der Waals surface area (Å²) in [6, 6.07) is 5.71. The number of nitrogens with two attached hydrogens (primary N) is 1. The second kappa shape index (κ2) is 6.35. The third-order valence-corrected chi connectivity index (χ3v) is 4.35. The van der Waals surface area contributed by atoms with Crippen LogP contribution in [-0.2, 0) is 21.5 Å². The van der Waals surface area contributed by atoms with E-state index in [1.165, 1.54) is 35.6 Å². The average molecular weight is 328 g/mol. The Balaban J connectivity index is 1.91. The standard InChI is InChI=1S/C17H17FN4O2/c18-13-4-2-12(3-5-13)10-15(23)22-9-1-6-17(22,16(19)24)14-11-20-7-8-21-14/h2-5,7-8,11H,1,6,9-10H2,(H2,19,24). The lowest BCUT2D eigenvalue weighted by Crippen LogP contribution is -2.54. The van der Waals surface area contributed by atoms with Crippen LogP contribution in [0.1, 0.15) is 24.1 Å². The first-order valence-electron chi connectivity index (χ1n) is 7.65. The first-order valence-corrected chi connectivity index (χ1v) is 7.65. The summed E-state index contributed by atoms with van der Waals surface area (Å²) < 4.78 is 13.0. The molecule has 0 spiro atoms. The Kier molecular flexibility index (Phi) is 4.24. The topological polar surface area (TPSA) is 89.2 Å². The number of benzene rings is 1. The largest absolute Gasteiger partial charge is 0.367 e. The van der Waals surface area contributed by atoms with E-state index in [9.17, 15) is 14.0 Å². The van der Waals surface area contributed by atoms with Gasteiger partial charge in [0.1, 0.15) is 5.82 Å². The molecule has 7 heteroatoms. The Morgan fingerprint density at radius 1 is 1.25 bits per heavy atom. The van der Waals surface area contributed by atoms with Crippen molar-refractivity contribution < 1.29 is 14.0 Å². The molecule has 24 heavy (non-hydrogen) atoms. The molecule has 6 nitrogen and oxygen atoms in total. The molecule has 1 aromatic carbocycles. The molecule has 2 heterocycles. The quantitative estimate of drug-likeness (QED) is 0.912. The fourth-order valence-electron chi connectivity index (χ4n) is 3.19. The number of carbonyl (C=O) groups is 2. The number of hydrogen-bond donors (Lipinski definition) is 1. The predicted octanol–water partition coefficient (Wildman–Crippen LogP) is 1.16. The number of likely N-dealkylation sites (tertiary alicyclic amines) is 1. The summed E-state index contributed by atoms with van der Waals surface area (Å²) in [5.41, 5.74) is 5.43. The van der Waals surface area contributed by atoms with E-state index in [1.807, 2.05) is 0 Å². The van der Waals surface area contributed by atoms with Crippen molar-refractivity contribution in [2.24, 2.45) is 5.73 Å². The number of carbonyl (C=O) groups excluding carboxylic acids is 2. The monoisotopic (exact) mass is 328 g/mol. The molecule has 1 unspecified atom stereocenters. The van der Waals surface area contributed by atoms with Crippen molar-refractivity contribution in [1.82, 2.24) is 14.9 Å².